The molecule has 108 valence electrons. The molecule has 0 saturated heterocycles. The number of phenols is 1. The molecular formula is C11H11ClN2O6. The predicted octanol–water partition coefficient (Wildman–Crippen LogP) is 1.09. The maximum Gasteiger partial charge on any atom is 0.326 e. The summed E-state index contributed by atoms with van der Waals surface area (Å²) in [5.41, 5.74) is -0.417. The second kappa shape index (κ2) is 6.20. The zero-order valence-corrected chi connectivity index (χ0v) is 11.0. The van der Waals surface area contributed by atoms with Gasteiger partial charge in [-0.05, 0) is 11.6 Å². The smallest absolute Gasteiger partial charge is 0.326 e. The van der Waals surface area contributed by atoms with Crippen LogP contribution >= 0.6 is 11.6 Å². The van der Waals surface area contributed by atoms with Gasteiger partial charge in [-0.25, -0.2) is 4.79 Å². The minimum Gasteiger partial charge on any atom is -0.501 e. The lowest BCUT2D eigenvalue weighted by atomic mass is 10.0. The molecule has 0 radical (unpaired) electrons. The summed E-state index contributed by atoms with van der Waals surface area (Å²) in [6.45, 7) is 1.15. The van der Waals surface area contributed by atoms with Crippen molar-refractivity contribution < 1.29 is 24.7 Å². The standard InChI is InChI=1S/C11H11ClN2O6/c1-5(15)13-8(11(17)18)3-6-2-7(12)10(16)9(4-6)14(19)20/h2,4,8,16H,3H2,1H3,(H,13,15)(H,17,18)/t8-/m0/s1. The molecule has 8 nitrogen and oxygen atoms in total. The molecule has 0 unspecified atom stereocenters. The van der Waals surface area contributed by atoms with Crippen LogP contribution in [0.1, 0.15) is 12.5 Å². The van der Waals surface area contributed by atoms with Crippen molar-refractivity contribution in [1.82, 2.24) is 5.32 Å². The quantitative estimate of drug-likeness (QED) is 0.551. The van der Waals surface area contributed by atoms with Crippen LogP contribution in [0.5, 0.6) is 5.75 Å². The van der Waals surface area contributed by atoms with E-state index in [2.05, 4.69) is 5.32 Å². The number of carboxylic acids is 1. The Balaban J connectivity index is 3.10. The van der Waals surface area contributed by atoms with Crippen molar-refractivity contribution in [1.29, 1.82) is 0 Å². The summed E-state index contributed by atoms with van der Waals surface area (Å²) in [6, 6.07) is 0.980. The second-order valence-corrected chi connectivity index (χ2v) is 4.41. The van der Waals surface area contributed by atoms with E-state index < -0.39 is 34.3 Å². The summed E-state index contributed by atoms with van der Waals surface area (Å²) >= 11 is 5.64. The molecule has 3 N–H and O–H groups in total. The number of nitrogens with one attached hydrogen (secondary N) is 1. The van der Waals surface area contributed by atoms with Gasteiger partial charge < -0.3 is 15.5 Å². The third-order valence-electron chi connectivity index (χ3n) is 2.42. The van der Waals surface area contributed by atoms with E-state index in [1.165, 1.54) is 6.07 Å². The molecule has 0 aliphatic carbocycles. The highest BCUT2D eigenvalue weighted by Crippen LogP contribution is 2.35. The number of aromatic hydroxyl groups is 1. The van der Waals surface area contributed by atoms with Gasteiger partial charge in [0.25, 0.3) is 0 Å². The summed E-state index contributed by atoms with van der Waals surface area (Å²) in [5, 5.41) is 31.0. The minimum atomic E-state index is -1.29. The number of amides is 1. The number of halogens is 1. The van der Waals surface area contributed by atoms with Gasteiger partial charge in [-0.2, -0.15) is 0 Å². The fourth-order valence-corrected chi connectivity index (χ4v) is 1.81. The van der Waals surface area contributed by atoms with Crippen LogP contribution in [0.4, 0.5) is 5.69 Å². The predicted molar refractivity (Wildman–Crippen MR) is 68.7 cm³/mol. The van der Waals surface area contributed by atoms with Gasteiger partial charge in [0.15, 0.2) is 0 Å². The number of rotatable bonds is 5. The zero-order chi connectivity index (χ0) is 15.4. The molecule has 0 heterocycles. The number of nitro benzene ring substituents is 1. The molecule has 9 heteroatoms. The van der Waals surface area contributed by atoms with Crippen LogP contribution < -0.4 is 5.32 Å². The highest BCUT2D eigenvalue weighted by atomic mass is 35.5. The lowest BCUT2D eigenvalue weighted by Crippen LogP contribution is -2.41. The number of hydrogen-bond acceptors (Lipinski definition) is 5. The Bertz CT molecular complexity index is 574. The highest BCUT2D eigenvalue weighted by Gasteiger charge is 2.23. The SMILES string of the molecule is CC(=O)N[C@@H](Cc1cc(Cl)c(O)c([N+](=O)[O-])c1)C(=O)O. The Morgan fingerprint density at radius 1 is 1.50 bits per heavy atom. The molecule has 1 atom stereocenters. The lowest BCUT2D eigenvalue weighted by Gasteiger charge is -2.13. The van der Waals surface area contributed by atoms with E-state index in [-0.39, 0.29) is 17.0 Å². The van der Waals surface area contributed by atoms with Gasteiger partial charge in [0, 0.05) is 19.4 Å². The zero-order valence-electron chi connectivity index (χ0n) is 10.3. The number of hydrogen-bond donors (Lipinski definition) is 3. The molecule has 0 aliphatic heterocycles. The van der Waals surface area contributed by atoms with E-state index in [1.807, 2.05) is 0 Å². The van der Waals surface area contributed by atoms with Crippen LogP contribution in [-0.2, 0) is 16.0 Å². The molecule has 0 aliphatic rings. The first-order valence-corrected chi connectivity index (χ1v) is 5.76. The molecular weight excluding hydrogens is 292 g/mol. The molecule has 0 saturated carbocycles. The van der Waals surface area contributed by atoms with Gasteiger partial charge in [0.1, 0.15) is 6.04 Å². The average molecular weight is 303 g/mol. The van der Waals surface area contributed by atoms with Crippen molar-refractivity contribution >= 4 is 29.2 Å². The number of aliphatic carboxylic acids is 1. The summed E-state index contributed by atoms with van der Waals surface area (Å²) in [6.07, 6.45) is -0.199. The van der Waals surface area contributed by atoms with Crippen LogP contribution in [0.2, 0.25) is 5.02 Å². The molecule has 0 fully saturated rings. The van der Waals surface area contributed by atoms with Crippen LogP contribution in [0.3, 0.4) is 0 Å². The Morgan fingerprint density at radius 3 is 2.55 bits per heavy atom. The number of carboxylic acid groups (broad SMARTS) is 1. The first kappa shape index (κ1) is 15.7. The second-order valence-electron chi connectivity index (χ2n) is 4.00. The van der Waals surface area contributed by atoms with Gasteiger partial charge in [-0.3, -0.25) is 14.9 Å². The lowest BCUT2D eigenvalue weighted by molar-refractivity contribution is -0.385. The molecule has 0 aromatic heterocycles. The van der Waals surface area contributed by atoms with Crippen molar-refractivity contribution in [2.45, 2.75) is 19.4 Å². The van der Waals surface area contributed by atoms with Gasteiger partial charge >= 0.3 is 11.7 Å². The fraction of sp³-hybridized carbons (Fsp3) is 0.273. The molecule has 0 bridgehead atoms. The van der Waals surface area contributed by atoms with Gasteiger partial charge in [-0.15, -0.1) is 0 Å². The van der Waals surface area contributed by atoms with E-state index >= 15 is 0 Å². The molecule has 1 amide bonds. The summed E-state index contributed by atoms with van der Waals surface area (Å²) in [4.78, 5) is 31.8. The van der Waals surface area contributed by atoms with Crippen molar-refractivity contribution in [2.24, 2.45) is 0 Å². The Hall–Kier alpha value is -2.35. The van der Waals surface area contributed by atoms with Crippen LogP contribution in [0.15, 0.2) is 12.1 Å². The largest absolute Gasteiger partial charge is 0.501 e. The number of benzene rings is 1. The van der Waals surface area contributed by atoms with Gasteiger partial charge in [0.05, 0.1) is 9.95 Å². The minimum absolute atomic E-state index is 0.199. The highest BCUT2D eigenvalue weighted by molar-refractivity contribution is 6.32. The van der Waals surface area contributed by atoms with Crippen molar-refractivity contribution in [3.8, 4) is 5.75 Å². The topological polar surface area (TPSA) is 130 Å². The van der Waals surface area contributed by atoms with Gasteiger partial charge in [0.2, 0.25) is 11.7 Å². The van der Waals surface area contributed by atoms with Crippen molar-refractivity contribution in [3.63, 3.8) is 0 Å². The normalized spacial score (nSPS) is 11.7. The first-order valence-electron chi connectivity index (χ1n) is 5.38. The van der Waals surface area contributed by atoms with E-state index in [1.54, 1.807) is 0 Å². The Morgan fingerprint density at radius 2 is 2.10 bits per heavy atom. The number of carbonyl (C=O) groups excluding carboxylic acids is 1. The summed E-state index contributed by atoms with van der Waals surface area (Å²) in [5.74, 6) is -2.52. The number of nitro groups is 1. The molecule has 1 aromatic rings. The van der Waals surface area contributed by atoms with E-state index in [4.69, 9.17) is 16.7 Å². The van der Waals surface area contributed by atoms with Gasteiger partial charge in [-0.1, -0.05) is 11.6 Å². The average Bonchev–Trinajstić information content (AvgIpc) is 2.31. The maximum atomic E-state index is 11.0. The fourth-order valence-electron chi connectivity index (χ4n) is 1.58. The van der Waals surface area contributed by atoms with Crippen molar-refractivity contribution in [2.75, 3.05) is 0 Å². The summed E-state index contributed by atoms with van der Waals surface area (Å²) < 4.78 is 0. The maximum absolute atomic E-state index is 11.0. The third-order valence-corrected chi connectivity index (χ3v) is 2.70. The van der Waals surface area contributed by atoms with E-state index in [0.29, 0.717) is 0 Å². The van der Waals surface area contributed by atoms with Crippen LogP contribution in [0.25, 0.3) is 0 Å². The molecule has 1 rings (SSSR count). The Kier molecular flexibility index (Phi) is 4.87. The van der Waals surface area contributed by atoms with E-state index in [9.17, 15) is 24.8 Å². The third kappa shape index (κ3) is 3.82. The number of phenolic OH excluding ortho intramolecular Hbond substituents is 1. The Labute approximate surface area is 118 Å². The summed E-state index contributed by atoms with van der Waals surface area (Å²) in [7, 11) is 0. The van der Waals surface area contributed by atoms with E-state index in [0.717, 1.165) is 13.0 Å². The van der Waals surface area contributed by atoms with Crippen LogP contribution in [-0.4, -0.2) is 33.1 Å². The van der Waals surface area contributed by atoms with Crippen molar-refractivity contribution in [3.05, 3.63) is 32.8 Å². The monoisotopic (exact) mass is 302 g/mol. The van der Waals surface area contributed by atoms with Crippen LogP contribution in [0, 0.1) is 10.1 Å². The number of carbonyl (C=O) groups is 2. The molecule has 0 spiro atoms. The first-order chi connectivity index (χ1) is 9.22. The number of nitrogens with zero attached hydrogens (tertiary/aromatic N) is 1. The molecule has 1 aromatic carbocycles. The molecule has 20 heavy (non-hydrogen) atoms.